The van der Waals surface area contributed by atoms with Crippen LogP contribution in [0.1, 0.15) is 24.5 Å². The number of hydrogen-bond acceptors (Lipinski definition) is 2. The van der Waals surface area contributed by atoms with Crippen molar-refractivity contribution in [1.82, 2.24) is 9.97 Å². The zero-order valence-corrected chi connectivity index (χ0v) is 6.17. The van der Waals surface area contributed by atoms with Gasteiger partial charge in [-0.25, -0.2) is 4.98 Å². The molecule has 10 heavy (non-hydrogen) atoms. The van der Waals surface area contributed by atoms with E-state index < -0.39 is 0 Å². The molecule has 0 N–H and O–H groups in total. The van der Waals surface area contributed by atoms with E-state index in [2.05, 4.69) is 9.97 Å². The lowest BCUT2D eigenvalue weighted by Gasteiger charge is -1.93. The number of aromatic nitrogens is 2. The Morgan fingerprint density at radius 3 is 2.80 bits per heavy atom. The second-order valence-electron chi connectivity index (χ2n) is 2.54. The predicted octanol–water partition coefficient (Wildman–Crippen LogP) is 2.01. The number of halogens is 1. The molecule has 1 aromatic heterocycles. The first-order valence-electron chi connectivity index (χ1n) is 3.34. The van der Waals surface area contributed by atoms with Crippen LogP contribution in [-0.4, -0.2) is 9.97 Å². The van der Waals surface area contributed by atoms with Crippen LogP contribution < -0.4 is 0 Å². The van der Waals surface area contributed by atoms with Crippen LogP contribution in [0.2, 0.25) is 5.15 Å². The Balaban J connectivity index is 2.32. The van der Waals surface area contributed by atoms with Gasteiger partial charge in [0.25, 0.3) is 0 Å². The van der Waals surface area contributed by atoms with Gasteiger partial charge in [0, 0.05) is 12.1 Å². The summed E-state index contributed by atoms with van der Waals surface area (Å²) >= 11 is 5.64. The Morgan fingerprint density at radius 2 is 2.20 bits per heavy atom. The van der Waals surface area contributed by atoms with Crippen molar-refractivity contribution in [2.24, 2.45) is 0 Å². The highest BCUT2D eigenvalue weighted by atomic mass is 35.5. The third-order valence-corrected chi connectivity index (χ3v) is 1.80. The fourth-order valence-corrected chi connectivity index (χ4v) is 1.09. The maximum Gasteiger partial charge on any atom is 0.147 e. The maximum absolute atomic E-state index is 5.64. The number of rotatable bonds is 1. The van der Waals surface area contributed by atoms with Crippen molar-refractivity contribution in [2.45, 2.75) is 18.8 Å². The Hall–Kier alpha value is -0.630. The first-order chi connectivity index (χ1) is 4.86. The van der Waals surface area contributed by atoms with Gasteiger partial charge >= 0.3 is 0 Å². The zero-order valence-electron chi connectivity index (χ0n) is 5.42. The quantitative estimate of drug-likeness (QED) is 0.619. The number of nitrogens with zero attached hydrogens (tertiary/aromatic N) is 2. The van der Waals surface area contributed by atoms with Crippen LogP contribution in [0.4, 0.5) is 0 Å². The molecule has 1 saturated carbocycles. The highest BCUT2D eigenvalue weighted by Gasteiger charge is 2.25. The molecule has 0 aromatic carbocycles. The molecule has 0 radical (unpaired) electrons. The average Bonchev–Trinajstić information content (AvgIpc) is 2.68. The smallest absolute Gasteiger partial charge is 0.147 e. The molecule has 0 amide bonds. The third-order valence-electron chi connectivity index (χ3n) is 1.62. The minimum Gasteiger partial charge on any atom is -0.260 e. The second kappa shape index (κ2) is 2.20. The van der Waals surface area contributed by atoms with Crippen molar-refractivity contribution in [3.63, 3.8) is 0 Å². The molecule has 0 aliphatic heterocycles. The van der Waals surface area contributed by atoms with Crippen LogP contribution in [0.5, 0.6) is 0 Å². The summed E-state index contributed by atoms with van der Waals surface area (Å²) in [4.78, 5) is 8.09. The Bertz CT molecular complexity index is 245. The predicted molar refractivity (Wildman–Crippen MR) is 39.0 cm³/mol. The lowest BCUT2D eigenvalue weighted by molar-refractivity contribution is 0.988. The Kier molecular flexibility index (Phi) is 1.34. The van der Waals surface area contributed by atoms with Crippen molar-refractivity contribution in [2.75, 3.05) is 0 Å². The molecule has 1 aromatic rings. The van der Waals surface area contributed by atoms with Crippen LogP contribution >= 0.6 is 11.6 Å². The van der Waals surface area contributed by atoms with Crippen molar-refractivity contribution in [3.05, 3.63) is 23.2 Å². The van der Waals surface area contributed by atoms with E-state index in [1.54, 1.807) is 12.4 Å². The monoisotopic (exact) mass is 154 g/mol. The van der Waals surface area contributed by atoms with E-state index in [1.165, 1.54) is 12.8 Å². The molecule has 0 bridgehead atoms. The zero-order chi connectivity index (χ0) is 6.97. The molecule has 52 valence electrons. The van der Waals surface area contributed by atoms with Gasteiger partial charge in [-0.05, 0) is 12.8 Å². The van der Waals surface area contributed by atoms with E-state index in [1.807, 2.05) is 0 Å². The summed E-state index contributed by atoms with van der Waals surface area (Å²) < 4.78 is 0. The lowest BCUT2D eigenvalue weighted by atomic mass is 10.3. The standard InChI is InChI=1S/C7H7ClN2/c8-7-4-9-3-6(10-7)5-1-2-5/h3-5H,1-2H2. The Morgan fingerprint density at radius 1 is 1.40 bits per heavy atom. The molecule has 1 heterocycles. The molecule has 0 saturated heterocycles. The van der Waals surface area contributed by atoms with E-state index in [4.69, 9.17) is 11.6 Å². The molecule has 1 aliphatic rings. The molecule has 0 unspecified atom stereocenters. The van der Waals surface area contributed by atoms with E-state index in [0.29, 0.717) is 11.1 Å². The normalized spacial score (nSPS) is 17.3. The van der Waals surface area contributed by atoms with Gasteiger partial charge in [-0.1, -0.05) is 11.6 Å². The van der Waals surface area contributed by atoms with Gasteiger partial charge < -0.3 is 0 Å². The highest BCUT2D eigenvalue weighted by molar-refractivity contribution is 6.29. The molecule has 1 aliphatic carbocycles. The lowest BCUT2D eigenvalue weighted by Crippen LogP contribution is -1.87. The maximum atomic E-state index is 5.64. The van der Waals surface area contributed by atoms with Gasteiger partial charge in [0.05, 0.1) is 11.9 Å². The Labute approximate surface area is 64.3 Å². The third kappa shape index (κ3) is 1.12. The topological polar surface area (TPSA) is 25.8 Å². The van der Waals surface area contributed by atoms with E-state index in [9.17, 15) is 0 Å². The molecule has 0 spiro atoms. The van der Waals surface area contributed by atoms with Crippen LogP contribution in [0.3, 0.4) is 0 Å². The molecule has 2 nitrogen and oxygen atoms in total. The molecule has 1 fully saturated rings. The van der Waals surface area contributed by atoms with Gasteiger partial charge in [-0.2, -0.15) is 0 Å². The molecule has 0 atom stereocenters. The summed E-state index contributed by atoms with van der Waals surface area (Å²) in [7, 11) is 0. The second-order valence-corrected chi connectivity index (χ2v) is 2.93. The SMILES string of the molecule is Clc1cncc(C2CC2)n1. The van der Waals surface area contributed by atoms with E-state index >= 15 is 0 Å². The fourth-order valence-electron chi connectivity index (χ4n) is 0.932. The highest BCUT2D eigenvalue weighted by Crippen LogP contribution is 2.38. The van der Waals surface area contributed by atoms with Gasteiger partial charge in [-0.15, -0.1) is 0 Å². The minimum absolute atomic E-state index is 0.504. The summed E-state index contributed by atoms with van der Waals surface area (Å²) in [6.07, 6.45) is 5.85. The van der Waals surface area contributed by atoms with Gasteiger partial charge in [0.15, 0.2) is 0 Å². The number of hydrogen-bond donors (Lipinski definition) is 0. The average molecular weight is 155 g/mol. The first kappa shape index (κ1) is 6.10. The van der Waals surface area contributed by atoms with E-state index in [-0.39, 0.29) is 0 Å². The van der Waals surface area contributed by atoms with Gasteiger partial charge in [0.2, 0.25) is 0 Å². The van der Waals surface area contributed by atoms with E-state index in [0.717, 1.165) is 5.69 Å². The summed E-state index contributed by atoms with van der Waals surface area (Å²) in [6, 6.07) is 0. The summed E-state index contributed by atoms with van der Waals surface area (Å²) in [5, 5.41) is 0.504. The van der Waals surface area contributed by atoms with Gasteiger partial charge in [-0.3, -0.25) is 4.98 Å². The summed E-state index contributed by atoms with van der Waals surface area (Å²) in [5.74, 6) is 0.645. The van der Waals surface area contributed by atoms with Crippen molar-refractivity contribution >= 4 is 11.6 Å². The molecule has 2 rings (SSSR count). The van der Waals surface area contributed by atoms with Crippen LogP contribution in [-0.2, 0) is 0 Å². The van der Waals surface area contributed by atoms with Crippen molar-refractivity contribution in [3.8, 4) is 0 Å². The fraction of sp³-hybridized carbons (Fsp3) is 0.429. The minimum atomic E-state index is 0.504. The largest absolute Gasteiger partial charge is 0.260 e. The van der Waals surface area contributed by atoms with Crippen molar-refractivity contribution < 1.29 is 0 Å². The van der Waals surface area contributed by atoms with Crippen LogP contribution in [0, 0.1) is 0 Å². The van der Waals surface area contributed by atoms with Gasteiger partial charge in [0.1, 0.15) is 5.15 Å². The van der Waals surface area contributed by atoms with Crippen LogP contribution in [0.15, 0.2) is 12.4 Å². The molecular formula is C7H7ClN2. The molecule has 3 heteroatoms. The molecular weight excluding hydrogens is 148 g/mol. The summed E-state index contributed by atoms with van der Waals surface area (Å²) in [5.41, 5.74) is 1.05. The van der Waals surface area contributed by atoms with Crippen molar-refractivity contribution in [1.29, 1.82) is 0 Å². The van der Waals surface area contributed by atoms with Crippen LogP contribution in [0.25, 0.3) is 0 Å². The first-order valence-corrected chi connectivity index (χ1v) is 3.71. The summed E-state index contributed by atoms with van der Waals surface area (Å²) in [6.45, 7) is 0.